The first kappa shape index (κ1) is 26.7. The van der Waals surface area contributed by atoms with Crippen LogP contribution in [0.1, 0.15) is 34.8 Å². The minimum absolute atomic E-state index is 0.0914. The summed E-state index contributed by atoms with van der Waals surface area (Å²) in [4.78, 5) is 33.4. The second-order valence-corrected chi connectivity index (χ2v) is 9.81. The van der Waals surface area contributed by atoms with Crippen molar-refractivity contribution in [2.24, 2.45) is 0 Å². The number of aromatic nitrogens is 1. The summed E-state index contributed by atoms with van der Waals surface area (Å²) in [6.45, 7) is 3.00. The van der Waals surface area contributed by atoms with Gasteiger partial charge < -0.3 is 14.8 Å². The highest BCUT2D eigenvalue weighted by molar-refractivity contribution is 6.35. The fraction of sp³-hybridized carbons (Fsp3) is 0.241. The van der Waals surface area contributed by atoms with Crippen molar-refractivity contribution < 1.29 is 14.0 Å². The van der Waals surface area contributed by atoms with Gasteiger partial charge in [0, 0.05) is 52.3 Å². The summed E-state index contributed by atoms with van der Waals surface area (Å²) < 4.78 is 13.5. The van der Waals surface area contributed by atoms with E-state index in [-0.39, 0.29) is 24.2 Å². The highest BCUT2D eigenvalue weighted by Gasteiger charge is 2.23. The molecule has 3 aromatic carbocycles. The van der Waals surface area contributed by atoms with Crippen LogP contribution in [-0.4, -0.2) is 46.2 Å². The van der Waals surface area contributed by atoms with Crippen LogP contribution in [0.15, 0.2) is 72.9 Å². The molecule has 0 unspecified atom stereocenters. The smallest absolute Gasteiger partial charge is 0.254 e. The Balaban J connectivity index is 1.54. The highest BCUT2D eigenvalue weighted by atomic mass is 35.5. The van der Waals surface area contributed by atoms with E-state index in [9.17, 15) is 14.0 Å². The van der Waals surface area contributed by atoms with Crippen molar-refractivity contribution >= 4 is 45.9 Å². The van der Waals surface area contributed by atoms with Gasteiger partial charge in [-0.2, -0.15) is 0 Å². The standard InChI is InChI=1S/C29H28Cl2FN3O2/c1-2-12-35(29(37)22-14-23(30)16-24(31)15-22)19-28(36)34(18-20-7-9-25(32)10-8-20)13-11-21-17-33-27-6-4-3-5-26(21)27/h3-10,14-17,33H,2,11-13,18-19H2,1H3. The third-order valence-corrected chi connectivity index (χ3v) is 6.62. The Morgan fingerprint density at radius 2 is 1.62 bits per heavy atom. The normalized spacial score (nSPS) is 11.0. The second kappa shape index (κ2) is 12.3. The van der Waals surface area contributed by atoms with Gasteiger partial charge in [-0.3, -0.25) is 9.59 Å². The van der Waals surface area contributed by atoms with Crippen molar-refractivity contribution in [1.29, 1.82) is 0 Å². The maximum Gasteiger partial charge on any atom is 0.254 e. The molecule has 192 valence electrons. The van der Waals surface area contributed by atoms with Crippen LogP contribution >= 0.6 is 23.2 Å². The van der Waals surface area contributed by atoms with E-state index in [1.807, 2.05) is 37.4 Å². The Kier molecular flexibility index (Phi) is 8.85. The zero-order chi connectivity index (χ0) is 26.4. The molecule has 0 bridgehead atoms. The number of rotatable bonds is 10. The lowest BCUT2D eigenvalue weighted by Crippen LogP contribution is -2.43. The Labute approximate surface area is 225 Å². The Morgan fingerprint density at radius 3 is 2.32 bits per heavy atom. The third-order valence-electron chi connectivity index (χ3n) is 6.18. The number of carbonyl (C=O) groups excluding carboxylic acids is 2. The summed E-state index contributed by atoms with van der Waals surface area (Å²) >= 11 is 12.2. The lowest BCUT2D eigenvalue weighted by Gasteiger charge is -2.28. The molecule has 5 nitrogen and oxygen atoms in total. The van der Waals surface area contributed by atoms with Crippen LogP contribution < -0.4 is 0 Å². The molecule has 0 saturated carbocycles. The molecular weight excluding hydrogens is 512 g/mol. The van der Waals surface area contributed by atoms with Gasteiger partial charge in [0.15, 0.2) is 0 Å². The molecule has 0 fully saturated rings. The average molecular weight is 540 g/mol. The molecule has 8 heteroatoms. The quantitative estimate of drug-likeness (QED) is 0.242. The largest absolute Gasteiger partial charge is 0.361 e. The molecule has 2 amide bonds. The molecule has 0 aliphatic rings. The first-order chi connectivity index (χ1) is 17.8. The van der Waals surface area contributed by atoms with Crippen LogP contribution in [0, 0.1) is 5.82 Å². The fourth-order valence-electron chi connectivity index (χ4n) is 4.34. The number of aromatic amines is 1. The Bertz CT molecular complexity index is 1370. The minimum Gasteiger partial charge on any atom is -0.361 e. The summed E-state index contributed by atoms with van der Waals surface area (Å²) in [5, 5.41) is 1.82. The molecule has 1 N–H and O–H groups in total. The molecule has 0 atom stereocenters. The summed E-state index contributed by atoms with van der Waals surface area (Å²) in [5.41, 5.74) is 3.28. The number of hydrogen-bond donors (Lipinski definition) is 1. The number of halogens is 3. The zero-order valence-corrected chi connectivity index (χ0v) is 22.0. The number of amides is 2. The van der Waals surface area contributed by atoms with Gasteiger partial charge in [-0.05, 0) is 60.4 Å². The Hall–Kier alpha value is -3.35. The second-order valence-electron chi connectivity index (χ2n) is 8.94. The number of carbonyl (C=O) groups is 2. The predicted octanol–water partition coefficient (Wildman–Crippen LogP) is 6.74. The number of para-hydroxylation sites is 1. The van der Waals surface area contributed by atoms with Crippen LogP contribution in [0.3, 0.4) is 0 Å². The molecule has 0 aliphatic carbocycles. The van der Waals surface area contributed by atoms with E-state index in [1.54, 1.807) is 35.2 Å². The minimum atomic E-state index is -0.333. The summed E-state index contributed by atoms with van der Waals surface area (Å²) in [6.07, 6.45) is 3.27. The van der Waals surface area contributed by atoms with Crippen LogP contribution in [0.2, 0.25) is 10.0 Å². The maximum atomic E-state index is 13.6. The molecule has 0 spiro atoms. The van der Waals surface area contributed by atoms with Crippen molar-refractivity contribution in [3.8, 4) is 0 Å². The van der Waals surface area contributed by atoms with Gasteiger partial charge in [0.05, 0.1) is 0 Å². The molecule has 1 heterocycles. The number of nitrogens with one attached hydrogen (secondary N) is 1. The van der Waals surface area contributed by atoms with Crippen LogP contribution in [0.5, 0.6) is 0 Å². The first-order valence-corrected chi connectivity index (χ1v) is 12.9. The summed E-state index contributed by atoms with van der Waals surface area (Å²) in [6, 6.07) is 18.8. The van der Waals surface area contributed by atoms with Gasteiger partial charge in [-0.15, -0.1) is 0 Å². The van der Waals surface area contributed by atoms with Crippen molar-refractivity contribution in [3.63, 3.8) is 0 Å². The van der Waals surface area contributed by atoms with Crippen molar-refractivity contribution in [3.05, 3.63) is 105 Å². The van der Waals surface area contributed by atoms with E-state index in [0.29, 0.717) is 48.1 Å². The monoisotopic (exact) mass is 539 g/mol. The van der Waals surface area contributed by atoms with Gasteiger partial charge in [0.1, 0.15) is 12.4 Å². The lowest BCUT2D eigenvalue weighted by atomic mass is 10.1. The van der Waals surface area contributed by atoms with Gasteiger partial charge in [-0.1, -0.05) is 60.5 Å². The lowest BCUT2D eigenvalue weighted by molar-refractivity contribution is -0.132. The van der Waals surface area contributed by atoms with Crippen molar-refractivity contribution in [2.75, 3.05) is 19.6 Å². The summed E-state index contributed by atoms with van der Waals surface area (Å²) in [7, 11) is 0. The van der Waals surface area contributed by atoms with E-state index in [1.165, 1.54) is 17.0 Å². The molecule has 4 aromatic rings. The van der Waals surface area contributed by atoms with Crippen molar-refractivity contribution in [2.45, 2.75) is 26.3 Å². The number of benzene rings is 3. The van der Waals surface area contributed by atoms with Crippen LogP contribution in [0.25, 0.3) is 10.9 Å². The predicted molar refractivity (Wildman–Crippen MR) is 146 cm³/mol. The van der Waals surface area contributed by atoms with E-state index >= 15 is 0 Å². The van der Waals surface area contributed by atoms with Gasteiger partial charge in [0.25, 0.3) is 5.91 Å². The maximum absolute atomic E-state index is 13.6. The SMILES string of the molecule is CCCN(CC(=O)N(CCc1c[nH]c2ccccc12)Cc1ccc(F)cc1)C(=O)c1cc(Cl)cc(Cl)c1. The van der Waals surface area contributed by atoms with E-state index in [4.69, 9.17) is 23.2 Å². The molecule has 1 aromatic heterocycles. The topological polar surface area (TPSA) is 56.4 Å². The third kappa shape index (κ3) is 6.90. The van der Waals surface area contributed by atoms with Gasteiger partial charge in [-0.25, -0.2) is 4.39 Å². The Morgan fingerprint density at radius 1 is 0.919 bits per heavy atom. The molecular formula is C29H28Cl2FN3O2. The van der Waals surface area contributed by atoms with Crippen LogP contribution in [-0.2, 0) is 17.8 Å². The average Bonchev–Trinajstić information content (AvgIpc) is 3.29. The van der Waals surface area contributed by atoms with E-state index in [0.717, 1.165) is 22.0 Å². The number of fused-ring (bicyclic) bond motifs is 1. The molecule has 4 rings (SSSR count). The molecule has 0 radical (unpaired) electrons. The number of H-pyrrole nitrogens is 1. The first-order valence-electron chi connectivity index (χ1n) is 12.2. The molecule has 37 heavy (non-hydrogen) atoms. The summed E-state index contributed by atoms with van der Waals surface area (Å²) in [5.74, 6) is -0.836. The fourth-order valence-corrected chi connectivity index (χ4v) is 4.87. The highest BCUT2D eigenvalue weighted by Crippen LogP contribution is 2.21. The van der Waals surface area contributed by atoms with Gasteiger partial charge >= 0.3 is 0 Å². The number of hydrogen-bond acceptors (Lipinski definition) is 2. The van der Waals surface area contributed by atoms with Crippen LogP contribution in [0.4, 0.5) is 4.39 Å². The molecule has 0 saturated heterocycles. The van der Waals surface area contributed by atoms with E-state index in [2.05, 4.69) is 4.98 Å². The number of nitrogens with zero attached hydrogens (tertiary/aromatic N) is 2. The van der Waals surface area contributed by atoms with Gasteiger partial charge in [0.2, 0.25) is 5.91 Å². The van der Waals surface area contributed by atoms with Crippen molar-refractivity contribution in [1.82, 2.24) is 14.8 Å². The van der Waals surface area contributed by atoms with E-state index < -0.39 is 0 Å². The molecule has 0 aliphatic heterocycles. The zero-order valence-electron chi connectivity index (χ0n) is 20.5.